The number of carbonyl (C=O) groups excluding carboxylic acids is 1. The quantitative estimate of drug-likeness (QED) is 0.692. The molecule has 1 aliphatic carbocycles. The highest BCUT2D eigenvalue weighted by Crippen LogP contribution is 2.54. The van der Waals surface area contributed by atoms with Gasteiger partial charge in [-0.3, -0.25) is 4.79 Å². The molecule has 1 aliphatic rings. The van der Waals surface area contributed by atoms with Gasteiger partial charge in [0.15, 0.2) is 0 Å². The Morgan fingerprint density at radius 1 is 1.42 bits per heavy atom. The van der Waals surface area contributed by atoms with Gasteiger partial charge in [-0.15, -0.1) is 11.3 Å². The molecule has 0 atom stereocenters. The predicted octanol–water partition coefficient (Wildman–Crippen LogP) is 3.21. The molecular formula is C19H20N2O4S. The summed E-state index contributed by atoms with van der Waals surface area (Å²) in [6.45, 7) is 4.05. The van der Waals surface area contributed by atoms with Gasteiger partial charge in [0.05, 0.1) is 28.3 Å². The van der Waals surface area contributed by atoms with Gasteiger partial charge >= 0.3 is 0 Å². The standard InChI is InChI=1S/C19H20N2O4S/c1-10-14(26-9-21-10)7-24-13-4-3-12-16(15(18(20)23)11(2)25-12)17(13)19(8-22)5-6-19/h3-4,9,22H,5-8H2,1-2H3,(H2,20,23). The molecule has 4 rings (SSSR count). The van der Waals surface area contributed by atoms with E-state index in [1.165, 1.54) is 0 Å². The van der Waals surface area contributed by atoms with Crippen LogP contribution >= 0.6 is 11.3 Å². The van der Waals surface area contributed by atoms with E-state index in [4.69, 9.17) is 14.9 Å². The van der Waals surface area contributed by atoms with E-state index >= 15 is 0 Å². The molecule has 3 N–H and O–H groups in total. The summed E-state index contributed by atoms with van der Waals surface area (Å²) in [4.78, 5) is 17.3. The maximum Gasteiger partial charge on any atom is 0.252 e. The summed E-state index contributed by atoms with van der Waals surface area (Å²) < 4.78 is 11.9. The summed E-state index contributed by atoms with van der Waals surface area (Å²) in [6.07, 6.45) is 1.67. The largest absolute Gasteiger partial charge is 0.488 e. The van der Waals surface area contributed by atoms with Gasteiger partial charge in [-0.25, -0.2) is 4.98 Å². The summed E-state index contributed by atoms with van der Waals surface area (Å²) in [7, 11) is 0. The smallest absolute Gasteiger partial charge is 0.252 e. The molecule has 0 saturated heterocycles. The van der Waals surface area contributed by atoms with Crippen LogP contribution in [0.4, 0.5) is 0 Å². The number of primary amides is 1. The summed E-state index contributed by atoms with van der Waals surface area (Å²) >= 11 is 1.54. The van der Waals surface area contributed by atoms with Crippen LogP contribution in [0.1, 0.15) is 45.1 Å². The Bertz CT molecular complexity index is 1000. The SMILES string of the molecule is Cc1ncsc1COc1ccc2oc(C)c(C(N)=O)c2c1C1(CO)CC1. The molecule has 7 heteroatoms. The van der Waals surface area contributed by atoms with Crippen molar-refractivity contribution in [2.45, 2.75) is 38.7 Å². The molecule has 0 bridgehead atoms. The highest BCUT2D eigenvalue weighted by Gasteiger charge is 2.48. The number of hydrogen-bond donors (Lipinski definition) is 2. The Morgan fingerprint density at radius 3 is 2.77 bits per heavy atom. The lowest BCUT2D eigenvalue weighted by atomic mass is 9.90. The van der Waals surface area contributed by atoms with Gasteiger partial charge in [-0.1, -0.05) is 0 Å². The first-order valence-electron chi connectivity index (χ1n) is 8.46. The van der Waals surface area contributed by atoms with Crippen molar-refractivity contribution in [2.75, 3.05) is 6.61 Å². The minimum absolute atomic E-state index is 0.00944. The van der Waals surface area contributed by atoms with E-state index in [0.717, 1.165) is 29.0 Å². The number of hydrogen-bond acceptors (Lipinski definition) is 6. The monoisotopic (exact) mass is 372 g/mol. The maximum atomic E-state index is 12.0. The van der Waals surface area contributed by atoms with E-state index < -0.39 is 11.3 Å². The van der Waals surface area contributed by atoms with Crippen LogP contribution in [-0.4, -0.2) is 22.6 Å². The lowest BCUT2D eigenvalue weighted by molar-refractivity contribution is 0.1000. The zero-order chi connectivity index (χ0) is 18.5. The number of nitrogens with zero attached hydrogens (tertiary/aromatic N) is 1. The van der Waals surface area contributed by atoms with Gasteiger partial charge in [0.2, 0.25) is 0 Å². The Hall–Kier alpha value is -2.38. The molecule has 0 aliphatic heterocycles. The van der Waals surface area contributed by atoms with Gasteiger partial charge in [-0.05, 0) is 38.8 Å². The first kappa shape index (κ1) is 17.1. The number of carbonyl (C=O) groups is 1. The molecule has 0 unspecified atom stereocenters. The van der Waals surface area contributed by atoms with Crippen molar-refractivity contribution < 1.29 is 19.1 Å². The summed E-state index contributed by atoms with van der Waals surface area (Å²) in [6, 6.07) is 3.64. The van der Waals surface area contributed by atoms with Crippen LogP contribution in [0.2, 0.25) is 0 Å². The van der Waals surface area contributed by atoms with Gasteiger partial charge in [0.1, 0.15) is 23.7 Å². The number of fused-ring (bicyclic) bond motifs is 1. The van der Waals surface area contributed by atoms with Crippen molar-refractivity contribution in [3.05, 3.63) is 45.1 Å². The van der Waals surface area contributed by atoms with Crippen molar-refractivity contribution in [3.63, 3.8) is 0 Å². The first-order chi connectivity index (χ1) is 12.5. The Kier molecular flexibility index (Phi) is 4.00. The zero-order valence-electron chi connectivity index (χ0n) is 14.7. The number of rotatable bonds is 6. The average molecular weight is 372 g/mol. The van der Waals surface area contributed by atoms with E-state index in [1.807, 2.05) is 13.0 Å². The molecule has 1 aromatic carbocycles. The van der Waals surface area contributed by atoms with Crippen LogP contribution in [-0.2, 0) is 12.0 Å². The fourth-order valence-electron chi connectivity index (χ4n) is 3.48. The molecule has 2 aromatic heterocycles. The molecule has 1 amide bonds. The van der Waals surface area contributed by atoms with Crippen LogP contribution in [0.5, 0.6) is 5.75 Å². The summed E-state index contributed by atoms with van der Waals surface area (Å²) in [5.74, 6) is 0.602. The number of amides is 1. The fourth-order valence-corrected chi connectivity index (χ4v) is 4.17. The number of benzene rings is 1. The molecule has 1 fully saturated rings. The second-order valence-corrected chi connectivity index (χ2v) is 7.74. The molecule has 1 saturated carbocycles. The van der Waals surface area contributed by atoms with E-state index in [-0.39, 0.29) is 6.61 Å². The Balaban J connectivity index is 1.87. The first-order valence-corrected chi connectivity index (χ1v) is 9.34. The van der Waals surface area contributed by atoms with E-state index in [1.54, 1.807) is 29.8 Å². The highest BCUT2D eigenvalue weighted by atomic mass is 32.1. The number of ether oxygens (including phenoxy) is 1. The third-order valence-electron chi connectivity index (χ3n) is 5.13. The van der Waals surface area contributed by atoms with Gasteiger partial charge in [0, 0.05) is 16.4 Å². The second kappa shape index (κ2) is 6.10. The maximum absolute atomic E-state index is 12.0. The lowest BCUT2D eigenvalue weighted by Crippen LogP contribution is -2.17. The average Bonchev–Trinajstić information content (AvgIpc) is 3.17. The minimum Gasteiger partial charge on any atom is -0.488 e. The Morgan fingerprint density at radius 2 is 2.19 bits per heavy atom. The predicted molar refractivity (Wildman–Crippen MR) is 98.6 cm³/mol. The fraction of sp³-hybridized carbons (Fsp3) is 0.368. The minimum atomic E-state index is -0.535. The topological polar surface area (TPSA) is 98.6 Å². The molecule has 3 aromatic rings. The lowest BCUT2D eigenvalue weighted by Gasteiger charge is -2.19. The number of aliphatic hydroxyl groups excluding tert-OH is 1. The third kappa shape index (κ3) is 2.59. The Labute approximate surface area is 154 Å². The van der Waals surface area contributed by atoms with Crippen LogP contribution in [0.3, 0.4) is 0 Å². The third-order valence-corrected chi connectivity index (χ3v) is 6.04. The van der Waals surface area contributed by atoms with E-state index in [2.05, 4.69) is 4.98 Å². The molecule has 0 radical (unpaired) electrons. The number of aromatic nitrogens is 1. The van der Waals surface area contributed by atoms with Crippen molar-refractivity contribution in [2.24, 2.45) is 5.73 Å². The van der Waals surface area contributed by atoms with E-state index in [0.29, 0.717) is 34.6 Å². The molecular weight excluding hydrogens is 352 g/mol. The van der Waals surface area contributed by atoms with Crippen molar-refractivity contribution in [1.82, 2.24) is 4.98 Å². The molecule has 0 spiro atoms. The van der Waals surface area contributed by atoms with Gasteiger partial charge in [0.25, 0.3) is 5.91 Å². The molecule has 26 heavy (non-hydrogen) atoms. The molecule has 6 nitrogen and oxygen atoms in total. The van der Waals surface area contributed by atoms with Crippen molar-refractivity contribution >= 4 is 28.2 Å². The van der Waals surface area contributed by atoms with Crippen LogP contribution in [0.25, 0.3) is 11.0 Å². The molecule has 136 valence electrons. The highest BCUT2D eigenvalue weighted by molar-refractivity contribution is 7.09. The van der Waals surface area contributed by atoms with Crippen LogP contribution in [0.15, 0.2) is 22.1 Å². The number of furan rings is 1. The summed E-state index contributed by atoms with van der Waals surface area (Å²) in [5.41, 5.74) is 9.72. The number of nitrogens with two attached hydrogens (primary N) is 1. The number of aliphatic hydroxyl groups is 1. The number of aryl methyl sites for hydroxylation is 2. The van der Waals surface area contributed by atoms with Crippen molar-refractivity contribution in [1.29, 1.82) is 0 Å². The zero-order valence-corrected chi connectivity index (χ0v) is 15.5. The number of thiazole rings is 1. The van der Waals surface area contributed by atoms with Crippen molar-refractivity contribution in [3.8, 4) is 5.75 Å². The second-order valence-electron chi connectivity index (χ2n) is 6.80. The van der Waals surface area contributed by atoms with Crippen LogP contribution < -0.4 is 10.5 Å². The normalized spacial score (nSPS) is 15.3. The van der Waals surface area contributed by atoms with E-state index in [9.17, 15) is 9.90 Å². The van der Waals surface area contributed by atoms with Gasteiger partial charge < -0.3 is 20.0 Å². The summed E-state index contributed by atoms with van der Waals surface area (Å²) in [5, 5.41) is 10.7. The molecule has 2 heterocycles. The van der Waals surface area contributed by atoms with Crippen LogP contribution in [0, 0.1) is 13.8 Å². The van der Waals surface area contributed by atoms with Gasteiger partial charge in [-0.2, -0.15) is 0 Å².